The monoisotopic (exact) mass is 310 g/mol. The SMILES string of the molecule is N#Cc1ccc(N2CCN(C(=O)c3ccc(F)cc3)CC2)nc1. The average Bonchev–Trinajstić information content (AvgIpc) is 2.62. The van der Waals surface area contributed by atoms with Gasteiger partial charge in [-0.2, -0.15) is 5.26 Å². The molecule has 1 saturated heterocycles. The first-order chi connectivity index (χ1) is 11.2. The van der Waals surface area contributed by atoms with Crippen LogP contribution in [0.25, 0.3) is 0 Å². The summed E-state index contributed by atoms with van der Waals surface area (Å²) in [5, 5.41) is 8.79. The summed E-state index contributed by atoms with van der Waals surface area (Å²) in [6.45, 7) is 2.51. The van der Waals surface area contributed by atoms with Crippen molar-refractivity contribution >= 4 is 11.7 Å². The summed E-state index contributed by atoms with van der Waals surface area (Å²) in [7, 11) is 0. The van der Waals surface area contributed by atoms with Crippen LogP contribution in [0.15, 0.2) is 42.6 Å². The molecule has 0 bridgehead atoms. The van der Waals surface area contributed by atoms with Crippen LogP contribution in [0.5, 0.6) is 0 Å². The lowest BCUT2D eigenvalue weighted by Gasteiger charge is -2.35. The zero-order valence-corrected chi connectivity index (χ0v) is 12.4. The lowest BCUT2D eigenvalue weighted by molar-refractivity contribution is 0.0746. The number of nitriles is 1. The first kappa shape index (κ1) is 15.0. The Kier molecular flexibility index (Phi) is 4.20. The summed E-state index contributed by atoms with van der Waals surface area (Å²) in [6.07, 6.45) is 1.55. The molecule has 5 nitrogen and oxygen atoms in total. The topological polar surface area (TPSA) is 60.2 Å². The van der Waals surface area contributed by atoms with Crippen LogP contribution in [0.3, 0.4) is 0 Å². The number of carbonyl (C=O) groups excluding carboxylic acids is 1. The largest absolute Gasteiger partial charge is 0.353 e. The molecule has 0 aliphatic carbocycles. The molecule has 6 heteroatoms. The molecule has 1 fully saturated rings. The number of hydrogen-bond acceptors (Lipinski definition) is 4. The van der Waals surface area contributed by atoms with Crippen molar-refractivity contribution < 1.29 is 9.18 Å². The molecule has 1 aromatic carbocycles. The summed E-state index contributed by atoms with van der Waals surface area (Å²) in [4.78, 5) is 20.5. The molecule has 0 saturated carbocycles. The fourth-order valence-corrected chi connectivity index (χ4v) is 2.55. The standard InChI is InChI=1S/C17H15FN4O/c18-15-4-2-14(3-5-15)17(23)22-9-7-21(8-10-22)16-6-1-13(11-19)12-20-16/h1-6,12H,7-10H2. The molecular weight excluding hydrogens is 295 g/mol. The fourth-order valence-electron chi connectivity index (χ4n) is 2.55. The Morgan fingerprint density at radius 2 is 1.78 bits per heavy atom. The minimum Gasteiger partial charge on any atom is -0.353 e. The number of anilines is 1. The minimum atomic E-state index is -0.349. The molecule has 0 atom stereocenters. The highest BCUT2D eigenvalue weighted by Crippen LogP contribution is 2.15. The zero-order chi connectivity index (χ0) is 16.2. The number of rotatable bonds is 2. The molecule has 1 amide bonds. The van der Waals surface area contributed by atoms with E-state index < -0.39 is 0 Å². The van der Waals surface area contributed by atoms with Crippen molar-refractivity contribution in [1.82, 2.24) is 9.88 Å². The molecule has 2 aromatic rings. The molecule has 2 heterocycles. The summed E-state index contributed by atoms with van der Waals surface area (Å²) >= 11 is 0. The van der Waals surface area contributed by atoms with Crippen molar-refractivity contribution in [3.8, 4) is 6.07 Å². The Hall–Kier alpha value is -2.94. The van der Waals surface area contributed by atoms with Gasteiger partial charge in [-0.25, -0.2) is 9.37 Å². The van der Waals surface area contributed by atoms with E-state index >= 15 is 0 Å². The van der Waals surface area contributed by atoms with E-state index in [2.05, 4.69) is 9.88 Å². The highest BCUT2D eigenvalue weighted by atomic mass is 19.1. The molecule has 0 spiro atoms. The van der Waals surface area contributed by atoms with Crippen molar-refractivity contribution in [3.63, 3.8) is 0 Å². The van der Waals surface area contributed by atoms with E-state index in [0.29, 0.717) is 37.3 Å². The Morgan fingerprint density at radius 1 is 1.09 bits per heavy atom. The summed E-state index contributed by atoms with van der Waals surface area (Å²) < 4.78 is 12.9. The summed E-state index contributed by atoms with van der Waals surface area (Å²) in [6, 6.07) is 11.2. The van der Waals surface area contributed by atoms with Gasteiger partial charge in [0.2, 0.25) is 0 Å². The van der Waals surface area contributed by atoms with E-state index in [0.717, 1.165) is 5.82 Å². The highest BCUT2D eigenvalue weighted by Gasteiger charge is 2.22. The lowest BCUT2D eigenvalue weighted by atomic mass is 10.1. The predicted octanol–water partition coefficient (Wildman–Crippen LogP) is 2.05. The molecule has 1 aliphatic heterocycles. The highest BCUT2D eigenvalue weighted by molar-refractivity contribution is 5.94. The Balaban J connectivity index is 1.62. The van der Waals surface area contributed by atoms with Gasteiger partial charge in [-0.3, -0.25) is 4.79 Å². The first-order valence-corrected chi connectivity index (χ1v) is 7.33. The number of benzene rings is 1. The van der Waals surface area contributed by atoms with E-state index in [1.165, 1.54) is 24.3 Å². The van der Waals surface area contributed by atoms with Gasteiger partial charge in [0.25, 0.3) is 5.91 Å². The molecular formula is C17H15FN4O. The van der Waals surface area contributed by atoms with Gasteiger partial charge in [-0.05, 0) is 36.4 Å². The van der Waals surface area contributed by atoms with Crippen LogP contribution in [-0.2, 0) is 0 Å². The van der Waals surface area contributed by atoms with Gasteiger partial charge >= 0.3 is 0 Å². The number of amides is 1. The van der Waals surface area contributed by atoms with Gasteiger partial charge < -0.3 is 9.80 Å². The van der Waals surface area contributed by atoms with Gasteiger partial charge in [-0.15, -0.1) is 0 Å². The third-order valence-electron chi connectivity index (χ3n) is 3.86. The lowest BCUT2D eigenvalue weighted by Crippen LogP contribution is -2.49. The van der Waals surface area contributed by atoms with Crippen molar-refractivity contribution in [1.29, 1.82) is 5.26 Å². The Morgan fingerprint density at radius 3 is 2.35 bits per heavy atom. The van der Waals surface area contributed by atoms with Crippen LogP contribution < -0.4 is 4.90 Å². The van der Waals surface area contributed by atoms with Gasteiger partial charge in [0.1, 0.15) is 17.7 Å². The third-order valence-corrected chi connectivity index (χ3v) is 3.86. The van der Waals surface area contributed by atoms with Crippen molar-refractivity contribution in [2.75, 3.05) is 31.1 Å². The van der Waals surface area contributed by atoms with E-state index in [1.807, 2.05) is 12.1 Å². The molecule has 0 radical (unpaired) electrons. The molecule has 0 N–H and O–H groups in total. The van der Waals surface area contributed by atoms with Crippen molar-refractivity contribution in [2.45, 2.75) is 0 Å². The van der Waals surface area contributed by atoms with Crippen molar-refractivity contribution in [2.24, 2.45) is 0 Å². The second-order valence-corrected chi connectivity index (χ2v) is 5.30. The summed E-state index contributed by atoms with van der Waals surface area (Å²) in [5.74, 6) is 0.369. The van der Waals surface area contributed by atoms with E-state index in [-0.39, 0.29) is 11.7 Å². The van der Waals surface area contributed by atoms with E-state index in [4.69, 9.17) is 5.26 Å². The number of halogens is 1. The van der Waals surface area contributed by atoms with Crippen LogP contribution in [0.1, 0.15) is 15.9 Å². The maximum absolute atomic E-state index is 12.9. The van der Waals surface area contributed by atoms with Crippen LogP contribution in [-0.4, -0.2) is 42.0 Å². The normalized spacial score (nSPS) is 14.4. The average molecular weight is 310 g/mol. The smallest absolute Gasteiger partial charge is 0.253 e. The van der Waals surface area contributed by atoms with Gasteiger partial charge in [0.05, 0.1) is 5.56 Å². The maximum atomic E-state index is 12.9. The maximum Gasteiger partial charge on any atom is 0.253 e. The molecule has 23 heavy (non-hydrogen) atoms. The fraction of sp³-hybridized carbons (Fsp3) is 0.235. The van der Waals surface area contributed by atoms with Crippen LogP contribution in [0, 0.1) is 17.1 Å². The van der Waals surface area contributed by atoms with Gasteiger partial charge in [0.15, 0.2) is 0 Å². The quantitative estimate of drug-likeness (QED) is 0.852. The number of aromatic nitrogens is 1. The summed E-state index contributed by atoms with van der Waals surface area (Å²) in [5.41, 5.74) is 1.02. The third kappa shape index (κ3) is 3.29. The number of pyridine rings is 1. The minimum absolute atomic E-state index is 0.0857. The number of piperazine rings is 1. The molecule has 1 aliphatic rings. The Bertz CT molecular complexity index is 729. The predicted molar refractivity (Wildman–Crippen MR) is 83.5 cm³/mol. The van der Waals surface area contributed by atoms with Gasteiger partial charge in [0, 0.05) is 37.9 Å². The first-order valence-electron chi connectivity index (χ1n) is 7.33. The number of nitrogens with zero attached hydrogens (tertiary/aromatic N) is 4. The van der Waals surface area contributed by atoms with Crippen LogP contribution in [0.4, 0.5) is 10.2 Å². The molecule has 0 unspecified atom stereocenters. The van der Waals surface area contributed by atoms with Crippen molar-refractivity contribution in [3.05, 3.63) is 59.5 Å². The number of carbonyl (C=O) groups is 1. The zero-order valence-electron chi connectivity index (χ0n) is 12.4. The van der Waals surface area contributed by atoms with E-state index in [9.17, 15) is 9.18 Å². The number of hydrogen-bond donors (Lipinski definition) is 0. The second-order valence-electron chi connectivity index (χ2n) is 5.30. The molecule has 1 aromatic heterocycles. The van der Waals surface area contributed by atoms with Crippen LogP contribution in [0.2, 0.25) is 0 Å². The van der Waals surface area contributed by atoms with Gasteiger partial charge in [-0.1, -0.05) is 0 Å². The van der Waals surface area contributed by atoms with E-state index in [1.54, 1.807) is 17.2 Å². The molecule has 3 rings (SSSR count). The Labute approximate surface area is 133 Å². The molecule has 116 valence electrons. The second kappa shape index (κ2) is 6.44. The van der Waals surface area contributed by atoms with Crippen LogP contribution >= 0.6 is 0 Å².